The van der Waals surface area contributed by atoms with E-state index < -0.39 is 10.0 Å². The van der Waals surface area contributed by atoms with Crippen molar-refractivity contribution < 1.29 is 17.9 Å². The van der Waals surface area contributed by atoms with Gasteiger partial charge in [0.1, 0.15) is 11.3 Å². The summed E-state index contributed by atoms with van der Waals surface area (Å²) in [5.41, 5.74) is 1.93. The number of rotatable bonds is 8. The number of aryl methyl sites for hydroxylation is 1. The molecule has 2 aromatic carbocycles. The minimum Gasteiger partial charge on any atom is -0.497 e. The van der Waals surface area contributed by atoms with E-state index in [9.17, 15) is 13.2 Å². The number of hydrogen-bond donors (Lipinski definition) is 2. The zero-order valence-electron chi connectivity index (χ0n) is 15.5. The van der Waals surface area contributed by atoms with Crippen LogP contribution in [0.4, 0.5) is 0 Å². The molecule has 0 atom stereocenters. The minimum atomic E-state index is -3.65. The molecule has 9 nitrogen and oxygen atoms in total. The fraction of sp³-hybridized carbons (Fsp3) is 0.278. The molecular weight excluding hydrogens is 382 g/mol. The third-order valence-electron chi connectivity index (χ3n) is 4.15. The molecule has 0 bridgehead atoms. The monoisotopic (exact) mass is 403 g/mol. The third-order valence-corrected chi connectivity index (χ3v) is 5.62. The van der Waals surface area contributed by atoms with Crippen molar-refractivity contribution in [2.45, 2.75) is 18.4 Å². The topological polar surface area (TPSA) is 115 Å². The van der Waals surface area contributed by atoms with E-state index in [4.69, 9.17) is 4.74 Å². The van der Waals surface area contributed by atoms with Crippen molar-refractivity contribution in [1.82, 2.24) is 25.0 Å². The van der Waals surface area contributed by atoms with Gasteiger partial charge in [-0.05, 0) is 49.4 Å². The molecule has 0 saturated heterocycles. The lowest BCUT2D eigenvalue weighted by atomic mass is 10.2. The van der Waals surface area contributed by atoms with Gasteiger partial charge >= 0.3 is 0 Å². The first-order valence-electron chi connectivity index (χ1n) is 8.70. The Morgan fingerprint density at radius 1 is 1.14 bits per heavy atom. The molecule has 1 aromatic heterocycles. The van der Waals surface area contributed by atoms with Gasteiger partial charge in [-0.25, -0.2) is 17.8 Å². The summed E-state index contributed by atoms with van der Waals surface area (Å²) in [7, 11) is -2.15. The van der Waals surface area contributed by atoms with E-state index in [2.05, 4.69) is 20.4 Å². The first-order valence-corrected chi connectivity index (χ1v) is 10.2. The number of amides is 1. The number of hydrogen-bond acceptors (Lipinski definition) is 6. The van der Waals surface area contributed by atoms with Gasteiger partial charge in [0, 0.05) is 25.2 Å². The Morgan fingerprint density at radius 2 is 1.89 bits per heavy atom. The molecule has 3 rings (SSSR count). The molecule has 0 saturated carbocycles. The summed E-state index contributed by atoms with van der Waals surface area (Å²) in [6.45, 7) is 2.86. The van der Waals surface area contributed by atoms with E-state index in [1.54, 1.807) is 35.0 Å². The molecule has 0 aliphatic rings. The van der Waals surface area contributed by atoms with E-state index in [0.29, 0.717) is 23.4 Å². The summed E-state index contributed by atoms with van der Waals surface area (Å²) in [6.07, 6.45) is 0. The quantitative estimate of drug-likeness (QED) is 0.546. The Balaban J connectivity index is 1.54. The van der Waals surface area contributed by atoms with Gasteiger partial charge in [-0.15, -0.1) is 5.10 Å². The Kier molecular flexibility index (Phi) is 5.90. The molecule has 0 spiro atoms. The molecule has 2 N–H and O–H groups in total. The van der Waals surface area contributed by atoms with Gasteiger partial charge in [-0.2, -0.15) is 0 Å². The number of benzene rings is 2. The number of ether oxygens (including phenoxy) is 1. The van der Waals surface area contributed by atoms with Crippen LogP contribution in [0.25, 0.3) is 11.0 Å². The highest BCUT2D eigenvalue weighted by atomic mass is 32.2. The van der Waals surface area contributed by atoms with Crippen LogP contribution in [0.3, 0.4) is 0 Å². The van der Waals surface area contributed by atoms with Gasteiger partial charge in [0.25, 0.3) is 5.91 Å². The summed E-state index contributed by atoms with van der Waals surface area (Å²) in [5, 5.41) is 10.7. The van der Waals surface area contributed by atoms with Gasteiger partial charge in [0.05, 0.1) is 17.5 Å². The maximum atomic E-state index is 12.3. The molecule has 10 heteroatoms. The highest BCUT2D eigenvalue weighted by Gasteiger charge is 2.14. The summed E-state index contributed by atoms with van der Waals surface area (Å²) in [4.78, 5) is 12.4. The van der Waals surface area contributed by atoms with Gasteiger partial charge in [-0.3, -0.25) is 4.79 Å². The van der Waals surface area contributed by atoms with Crippen molar-refractivity contribution in [3.05, 3.63) is 48.0 Å². The Labute approximate surface area is 162 Å². The van der Waals surface area contributed by atoms with Crippen molar-refractivity contribution in [2.24, 2.45) is 0 Å². The van der Waals surface area contributed by atoms with Crippen molar-refractivity contribution in [3.8, 4) is 5.75 Å². The fourth-order valence-corrected chi connectivity index (χ4v) is 3.68. The average Bonchev–Trinajstić information content (AvgIpc) is 3.13. The Hall–Kier alpha value is -2.98. The van der Waals surface area contributed by atoms with E-state index in [1.165, 1.54) is 19.2 Å². The number of methoxy groups -OCH3 is 1. The van der Waals surface area contributed by atoms with Crippen molar-refractivity contribution in [1.29, 1.82) is 0 Å². The number of carbonyl (C=O) groups is 1. The number of sulfonamides is 1. The van der Waals surface area contributed by atoms with Gasteiger partial charge in [-0.1, -0.05) is 5.21 Å². The molecule has 0 aliphatic carbocycles. The molecule has 1 heterocycles. The maximum absolute atomic E-state index is 12.3. The van der Waals surface area contributed by atoms with Crippen LogP contribution in [-0.2, 0) is 16.6 Å². The Morgan fingerprint density at radius 3 is 2.57 bits per heavy atom. The van der Waals surface area contributed by atoms with Crippen LogP contribution < -0.4 is 14.8 Å². The highest BCUT2D eigenvalue weighted by Crippen LogP contribution is 2.15. The molecule has 0 radical (unpaired) electrons. The molecule has 0 fully saturated rings. The minimum absolute atomic E-state index is 0.0639. The number of aromatic nitrogens is 3. The number of carbonyl (C=O) groups excluding carboxylic acids is 1. The third kappa shape index (κ3) is 4.29. The van der Waals surface area contributed by atoms with Gasteiger partial charge in [0.2, 0.25) is 10.0 Å². The zero-order valence-corrected chi connectivity index (χ0v) is 16.4. The van der Waals surface area contributed by atoms with Crippen LogP contribution >= 0.6 is 0 Å². The van der Waals surface area contributed by atoms with E-state index in [0.717, 1.165) is 5.52 Å². The summed E-state index contributed by atoms with van der Waals surface area (Å²) in [6, 6.07) is 11.2. The number of nitrogens with zero attached hydrogens (tertiary/aromatic N) is 3. The lowest BCUT2D eigenvalue weighted by Gasteiger charge is -2.09. The van der Waals surface area contributed by atoms with Gasteiger partial charge in [0.15, 0.2) is 0 Å². The van der Waals surface area contributed by atoms with Crippen LogP contribution in [-0.4, -0.2) is 49.5 Å². The van der Waals surface area contributed by atoms with Crippen LogP contribution in [0.1, 0.15) is 17.3 Å². The molecular formula is C18H21N5O4S. The van der Waals surface area contributed by atoms with Crippen LogP contribution in [0.2, 0.25) is 0 Å². The lowest BCUT2D eigenvalue weighted by molar-refractivity contribution is 0.0954. The van der Waals surface area contributed by atoms with E-state index in [-0.39, 0.29) is 23.9 Å². The van der Waals surface area contributed by atoms with Crippen molar-refractivity contribution in [3.63, 3.8) is 0 Å². The van der Waals surface area contributed by atoms with Crippen LogP contribution in [0.5, 0.6) is 5.75 Å². The van der Waals surface area contributed by atoms with E-state index >= 15 is 0 Å². The smallest absolute Gasteiger partial charge is 0.251 e. The summed E-state index contributed by atoms with van der Waals surface area (Å²) in [5.74, 6) is 0.263. The molecule has 28 heavy (non-hydrogen) atoms. The molecule has 0 unspecified atom stereocenters. The normalized spacial score (nSPS) is 11.5. The van der Waals surface area contributed by atoms with E-state index in [1.807, 2.05) is 6.92 Å². The van der Waals surface area contributed by atoms with Crippen molar-refractivity contribution >= 4 is 27.0 Å². The standard InChI is InChI=1S/C18H21N5O4S/c1-3-23-17-9-4-13(12-16(17)21-22-23)18(24)19-10-11-20-28(25,26)15-7-5-14(27-2)6-8-15/h4-9,12,20H,3,10-11H2,1-2H3,(H,19,24). The van der Waals surface area contributed by atoms with Crippen LogP contribution in [0, 0.1) is 0 Å². The average molecular weight is 403 g/mol. The SMILES string of the molecule is CCn1nnc2cc(C(=O)NCCNS(=O)(=O)c3ccc(OC)cc3)ccc21. The fourth-order valence-electron chi connectivity index (χ4n) is 2.65. The second-order valence-electron chi connectivity index (χ2n) is 5.94. The van der Waals surface area contributed by atoms with Gasteiger partial charge < -0.3 is 10.1 Å². The summed E-state index contributed by atoms with van der Waals surface area (Å²) >= 11 is 0. The van der Waals surface area contributed by atoms with Crippen LogP contribution in [0.15, 0.2) is 47.4 Å². The zero-order chi connectivity index (χ0) is 20.1. The first kappa shape index (κ1) is 19.8. The molecule has 148 valence electrons. The second kappa shape index (κ2) is 8.36. The molecule has 1 amide bonds. The highest BCUT2D eigenvalue weighted by molar-refractivity contribution is 7.89. The maximum Gasteiger partial charge on any atom is 0.251 e. The number of nitrogens with one attached hydrogen (secondary N) is 2. The number of fused-ring (bicyclic) bond motifs is 1. The molecule has 3 aromatic rings. The largest absolute Gasteiger partial charge is 0.497 e. The molecule has 0 aliphatic heterocycles. The lowest BCUT2D eigenvalue weighted by Crippen LogP contribution is -2.34. The summed E-state index contributed by atoms with van der Waals surface area (Å²) < 4.78 is 33.7. The predicted octanol–water partition coefficient (Wildman–Crippen LogP) is 1.17. The second-order valence-corrected chi connectivity index (χ2v) is 7.70. The van der Waals surface area contributed by atoms with Crippen molar-refractivity contribution in [2.75, 3.05) is 20.2 Å². The Bertz CT molecular complexity index is 1080. The predicted molar refractivity (Wildman–Crippen MR) is 104 cm³/mol. The first-order chi connectivity index (χ1) is 13.4.